The first-order chi connectivity index (χ1) is 8.71. The fourth-order valence-corrected chi connectivity index (χ4v) is 1.59. The van der Waals surface area contributed by atoms with Crippen LogP contribution in [0.2, 0.25) is 0 Å². The van der Waals surface area contributed by atoms with Gasteiger partial charge in [-0.25, -0.2) is 0 Å². The summed E-state index contributed by atoms with van der Waals surface area (Å²) in [6.45, 7) is 8.03. The number of methoxy groups -OCH3 is 1. The van der Waals surface area contributed by atoms with Crippen LogP contribution < -0.4 is 10.1 Å². The van der Waals surface area contributed by atoms with Crippen molar-refractivity contribution >= 4 is 17.2 Å². The molecule has 94 valence electrons. The van der Waals surface area contributed by atoms with Crippen molar-refractivity contribution in [3.8, 4) is 5.75 Å². The zero-order valence-corrected chi connectivity index (χ0v) is 11.3. The lowest BCUT2D eigenvalue weighted by molar-refractivity contribution is 0.415. The molecule has 1 N–H and O–H groups in total. The van der Waals surface area contributed by atoms with Crippen LogP contribution in [0.1, 0.15) is 5.56 Å². The number of hydrogen-bond acceptors (Lipinski definition) is 2. The van der Waals surface area contributed by atoms with Crippen molar-refractivity contribution in [3.05, 3.63) is 66.8 Å². The van der Waals surface area contributed by atoms with Gasteiger partial charge < -0.3 is 10.1 Å². The number of benzene rings is 1. The minimum absolute atomic E-state index is 0.639. The number of hydrogen-bond donors (Lipinski definition) is 1. The van der Waals surface area contributed by atoms with Crippen LogP contribution in [-0.4, -0.2) is 18.6 Å². The molecule has 2 nitrogen and oxygen atoms in total. The molecular weight excluding hydrogens is 242 g/mol. The van der Waals surface area contributed by atoms with Gasteiger partial charge in [-0.2, -0.15) is 0 Å². The zero-order valence-electron chi connectivity index (χ0n) is 10.5. The maximum atomic E-state index is 5.31. The molecule has 1 aromatic carbocycles. The Labute approximate surface area is 114 Å². The molecule has 0 aliphatic carbocycles. The van der Waals surface area contributed by atoms with Crippen LogP contribution in [0.3, 0.4) is 0 Å². The molecular formula is C15H17NOS. The molecule has 0 bridgehead atoms. The number of ether oxygens (including phenoxy) is 1. The Morgan fingerprint density at radius 2 is 2.00 bits per heavy atom. The summed E-state index contributed by atoms with van der Waals surface area (Å²) in [4.78, 5) is 0.703. The predicted molar refractivity (Wildman–Crippen MR) is 81.2 cm³/mol. The first-order valence-electron chi connectivity index (χ1n) is 5.57. The van der Waals surface area contributed by atoms with Crippen molar-refractivity contribution in [2.24, 2.45) is 0 Å². The second-order valence-corrected chi connectivity index (χ2v) is 4.00. The van der Waals surface area contributed by atoms with Crippen molar-refractivity contribution in [3.63, 3.8) is 0 Å². The lowest BCUT2D eigenvalue weighted by atomic mass is 10.2. The molecule has 0 atom stereocenters. The Kier molecular flexibility index (Phi) is 5.88. The lowest BCUT2D eigenvalue weighted by Crippen LogP contribution is -2.24. The van der Waals surface area contributed by atoms with E-state index < -0.39 is 0 Å². The zero-order chi connectivity index (χ0) is 13.4. The SMILES string of the molecule is C=C/C=C(\C=C)CNC(=S)c1ccc(OC)cc1. The van der Waals surface area contributed by atoms with Crippen molar-refractivity contribution in [2.75, 3.05) is 13.7 Å². The molecule has 0 saturated carbocycles. The van der Waals surface area contributed by atoms with Gasteiger partial charge in [0.1, 0.15) is 10.7 Å². The van der Waals surface area contributed by atoms with Gasteiger partial charge in [-0.15, -0.1) is 0 Å². The molecule has 0 amide bonds. The maximum Gasteiger partial charge on any atom is 0.118 e. The molecule has 0 aromatic heterocycles. The molecule has 0 aliphatic rings. The van der Waals surface area contributed by atoms with Gasteiger partial charge >= 0.3 is 0 Å². The Morgan fingerprint density at radius 3 is 2.50 bits per heavy atom. The third kappa shape index (κ3) is 4.18. The molecule has 0 unspecified atom stereocenters. The summed E-state index contributed by atoms with van der Waals surface area (Å²) >= 11 is 5.31. The molecule has 18 heavy (non-hydrogen) atoms. The Balaban J connectivity index is 2.62. The van der Waals surface area contributed by atoms with E-state index in [1.54, 1.807) is 19.3 Å². The van der Waals surface area contributed by atoms with E-state index in [0.29, 0.717) is 11.5 Å². The highest BCUT2D eigenvalue weighted by molar-refractivity contribution is 7.80. The Bertz CT molecular complexity index is 460. The smallest absolute Gasteiger partial charge is 0.118 e. The molecule has 0 heterocycles. The standard InChI is InChI=1S/C15H17NOS/c1-4-6-12(5-2)11-16-15(18)13-7-9-14(17-3)10-8-13/h4-10H,1-2,11H2,3H3,(H,16,18)/b12-6+. The van der Waals surface area contributed by atoms with Gasteiger partial charge in [-0.1, -0.05) is 43.6 Å². The monoisotopic (exact) mass is 259 g/mol. The van der Waals surface area contributed by atoms with Crippen molar-refractivity contribution in [1.29, 1.82) is 0 Å². The van der Waals surface area contributed by atoms with E-state index in [2.05, 4.69) is 18.5 Å². The van der Waals surface area contributed by atoms with E-state index in [4.69, 9.17) is 17.0 Å². The molecule has 0 saturated heterocycles. The average molecular weight is 259 g/mol. The number of rotatable bonds is 6. The summed E-state index contributed by atoms with van der Waals surface area (Å²) in [5.41, 5.74) is 2.01. The third-order valence-electron chi connectivity index (χ3n) is 2.40. The normalized spacial score (nSPS) is 10.6. The molecule has 0 aliphatic heterocycles. The van der Waals surface area contributed by atoms with Gasteiger partial charge in [0, 0.05) is 12.1 Å². The van der Waals surface area contributed by atoms with Gasteiger partial charge in [0.2, 0.25) is 0 Å². The maximum absolute atomic E-state index is 5.31. The summed E-state index contributed by atoms with van der Waals surface area (Å²) in [6, 6.07) is 7.63. The molecule has 0 fully saturated rings. The second-order valence-electron chi connectivity index (χ2n) is 3.59. The van der Waals surface area contributed by atoms with Crippen LogP contribution in [0, 0.1) is 0 Å². The van der Waals surface area contributed by atoms with E-state index in [1.165, 1.54) is 0 Å². The van der Waals surface area contributed by atoms with E-state index in [-0.39, 0.29) is 0 Å². The quantitative estimate of drug-likeness (QED) is 0.626. The molecule has 0 spiro atoms. The third-order valence-corrected chi connectivity index (χ3v) is 2.78. The number of nitrogens with one attached hydrogen (secondary N) is 1. The Hall–Kier alpha value is -1.87. The average Bonchev–Trinajstić information content (AvgIpc) is 2.43. The molecule has 3 heteroatoms. The summed E-state index contributed by atoms with van der Waals surface area (Å²) in [7, 11) is 1.64. The second kappa shape index (κ2) is 7.45. The van der Waals surface area contributed by atoms with Gasteiger partial charge in [0.25, 0.3) is 0 Å². The van der Waals surface area contributed by atoms with Gasteiger partial charge in [0.15, 0.2) is 0 Å². The van der Waals surface area contributed by atoms with Crippen molar-refractivity contribution in [1.82, 2.24) is 5.32 Å². The highest BCUT2D eigenvalue weighted by Crippen LogP contribution is 2.11. The summed E-state index contributed by atoms with van der Waals surface area (Å²) in [5, 5.41) is 3.18. The summed E-state index contributed by atoms with van der Waals surface area (Å²) < 4.78 is 5.10. The highest BCUT2D eigenvalue weighted by Gasteiger charge is 2.01. The minimum atomic E-state index is 0.639. The van der Waals surface area contributed by atoms with Crippen LogP contribution in [0.25, 0.3) is 0 Å². The van der Waals surface area contributed by atoms with Gasteiger partial charge in [-0.3, -0.25) is 0 Å². The summed E-state index contributed by atoms with van der Waals surface area (Å²) in [6.07, 6.45) is 5.41. The summed E-state index contributed by atoms with van der Waals surface area (Å²) in [5.74, 6) is 0.819. The minimum Gasteiger partial charge on any atom is -0.497 e. The van der Waals surface area contributed by atoms with Crippen molar-refractivity contribution < 1.29 is 4.74 Å². The first-order valence-corrected chi connectivity index (χ1v) is 5.98. The lowest BCUT2D eigenvalue weighted by Gasteiger charge is -2.09. The number of allylic oxidation sites excluding steroid dienone is 2. The molecule has 1 rings (SSSR count). The van der Waals surface area contributed by atoms with E-state index in [0.717, 1.165) is 16.9 Å². The van der Waals surface area contributed by atoms with Crippen LogP contribution in [0.5, 0.6) is 5.75 Å². The Morgan fingerprint density at radius 1 is 1.33 bits per heavy atom. The fourth-order valence-electron chi connectivity index (χ4n) is 1.38. The first kappa shape index (κ1) is 14.2. The van der Waals surface area contributed by atoms with Crippen LogP contribution >= 0.6 is 12.2 Å². The van der Waals surface area contributed by atoms with Gasteiger partial charge in [0.05, 0.1) is 7.11 Å². The molecule has 0 radical (unpaired) electrons. The van der Waals surface area contributed by atoms with Crippen LogP contribution in [0.4, 0.5) is 0 Å². The fraction of sp³-hybridized carbons (Fsp3) is 0.133. The van der Waals surface area contributed by atoms with Crippen LogP contribution in [0.15, 0.2) is 61.2 Å². The van der Waals surface area contributed by atoms with Crippen molar-refractivity contribution in [2.45, 2.75) is 0 Å². The molecule has 1 aromatic rings. The topological polar surface area (TPSA) is 21.3 Å². The van der Waals surface area contributed by atoms with E-state index in [9.17, 15) is 0 Å². The highest BCUT2D eigenvalue weighted by atomic mass is 32.1. The largest absolute Gasteiger partial charge is 0.497 e. The number of thiocarbonyl (C=S) groups is 1. The van der Waals surface area contributed by atoms with E-state index >= 15 is 0 Å². The van der Waals surface area contributed by atoms with Gasteiger partial charge in [-0.05, 0) is 29.8 Å². The predicted octanol–water partition coefficient (Wildman–Crippen LogP) is 3.26. The van der Waals surface area contributed by atoms with Crippen LogP contribution in [-0.2, 0) is 0 Å². The van der Waals surface area contributed by atoms with E-state index in [1.807, 2.05) is 30.3 Å².